The van der Waals surface area contributed by atoms with Gasteiger partial charge in [-0.15, -0.1) is 0 Å². The van der Waals surface area contributed by atoms with E-state index in [0.29, 0.717) is 0 Å². The smallest absolute Gasteiger partial charge is 0.154 e. The minimum atomic E-state index is -2.99. The summed E-state index contributed by atoms with van der Waals surface area (Å²) in [7, 11) is -2.99. The van der Waals surface area contributed by atoms with E-state index in [2.05, 4.69) is 0 Å². The fourth-order valence-electron chi connectivity index (χ4n) is 2.10. The van der Waals surface area contributed by atoms with Gasteiger partial charge in [0.2, 0.25) is 0 Å². The minimum absolute atomic E-state index is 0.284. The quantitative estimate of drug-likeness (QED) is 0.686. The van der Waals surface area contributed by atoms with E-state index in [1.165, 1.54) is 6.26 Å². The Balaban J connectivity index is 2.90. The van der Waals surface area contributed by atoms with Crippen molar-refractivity contribution in [3.63, 3.8) is 0 Å². The summed E-state index contributed by atoms with van der Waals surface area (Å²) < 4.78 is 22.6. The average Bonchev–Trinajstić information content (AvgIpc) is 2.27. The van der Waals surface area contributed by atoms with Crippen molar-refractivity contribution in [1.82, 2.24) is 0 Å². The second-order valence-electron chi connectivity index (χ2n) is 4.07. The molecule has 2 N–H and O–H groups in total. The molecule has 3 nitrogen and oxygen atoms in total. The van der Waals surface area contributed by atoms with Crippen molar-refractivity contribution in [1.29, 1.82) is 0 Å². The molecule has 0 saturated heterocycles. The number of rotatable bonds is 2. The molecule has 13 heavy (non-hydrogen) atoms. The van der Waals surface area contributed by atoms with E-state index in [1.807, 2.05) is 0 Å². The summed E-state index contributed by atoms with van der Waals surface area (Å²) in [5.41, 5.74) is 5.61. The zero-order valence-electron chi connectivity index (χ0n) is 8.25. The second kappa shape index (κ2) is 3.96. The molecular weight excluding hydrogens is 186 g/mol. The standard InChI is InChI=1S/C9H19NO2S/c1-13(11,12)9(8-10)6-4-2-3-5-7-9/h2-8,10H2,1H3. The topological polar surface area (TPSA) is 60.2 Å². The Hall–Kier alpha value is -0.0900. The lowest BCUT2D eigenvalue weighted by Crippen LogP contribution is -2.44. The Bertz CT molecular complexity index is 251. The van der Waals surface area contributed by atoms with Crippen LogP contribution in [0.25, 0.3) is 0 Å². The van der Waals surface area contributed by atoms with Gasteiger partial charge in [-0.2, -0.15) is 0 Å². The van der Waals surface area contributed by atoms with Crippen LogP contribution in [0.4, 0.5) is 0 Å². The highest BCUT2D eigenvalue weighted by Gasteiger charge is 2.39. The van der Waals surface area contributed by atoms with Crippen molar-refractivity contribution in [3.05, 3.63) is 0 Å². The van der Waals surface area contributed by atoms with Crippen LogP contribution in [-0.4, -0.2) is 26.0 Å². The van der Waals surface area contributed by atoms with Crippen LogP contribution in [0.15, 0.2) is 0 Å². The molecule has 1 rings (SSSR count). The molecule has 0 aromatic heterocycles. The molecule has 0 unspecified atom stereocenters. The molecule has 1 saturated carbocycles. The Morgan fingerprint density at radius 1 is 1.15 bits per heavy atom. The first-order valence-electron chi connectivity index (χ1n) is 4.91. The molecule has 0 atom stereocenters. The van der Waals surface area contributed by atoms with Gasteiger partial charge in [-0.1, -0.05) is 25.7 Å². The maximum absolute atomic E-state index is 11.6. The minimum Gasteiger partial charge on any atom is -0.329 e. The van der Waals surface area contributed by atoms with Crippen molar-refractivity contribution in [3.8, 4) is 0 Å². The van der Waals surface area contributed by atoms with Crippen molar-refractivity contribution in [2.24, 2.45) is 5.73 Å². The van der Waals surface area contributed by atoms with Crippen molar-refractivity contribution in [2.45, 2.75) is 43.3 Å². The Kier molecular flexibility index (Phi) is 3.35. The van der Waals surface area contributed by atoms with Crippen LogP contribution in [-0.2, 0) is 9.84 Å². The summed E-state index contributed by atoms with van der Waals surface area (Å²) in [5.74, 6) is 0. The lowest BCUT2D eigenvalue weighted by atomic mass is 10.00. The van der Waals surface area contributed by atoms with Gasteiger partial charge >= 0.3 is 0 Å². The second-order valence-corrected chi connectivity index (χ2v) is 6.48. The molecule has 78 valence electrons. The Morgan fingerprint density at radius 3 is 1.92 bits per heavy atom. The summed E-state index contributed by atoms with van der Waals surface area (Å²) in [4.78, 5) is 0. The summed E-state index contributed by atoms with van der Waals surface area (Å²) in [6, 6.07) is 0. The molecule has 0 spiro atoms. The lowest BCUT2D eigenvalue weighted by Gasteiger charge is -2.28. The highest BCUT2D eigenvalue weighted by Crippen LogP contribution is 2.32. The number of sulfone groups is 1. The van der Waals surface area contributed by atoms with Crippen LogP contribution >= 0.6 is 0 Å². The van der Waals surface area contributed by atoms with Crippen LogP contribution in [0.3, 0.4) is 0 Å². The van der Waals surface area contributed by atoms with Gasteiger partial charge in [-0.05, 0) is 12.8 Å². The van der Waals surface area contributed by atoms with Gasteiger partial charge in [-0.3, -0.25) is 0 Å². The first-order valence-corrected chi connectivity index (χ1v) is 6.81. The van der Waals surface area contributed by atoms with E-state index in [0.717, 1.165) is 38.5 Å². The fourth-order valence-corrected chi connectivity index (χ4v) is 3.43. The lowest BCUT2D eigenvalue weighted by molar-refractivity contribution is 0.468. The monoisotopic (exact) mass is 205 g/mol. The third kappa shape index (κ3) is 2.23. The van der Waals surface area contributed by atoms with E-state index in [-0.39, 0.29) is 6.54 Å². The van der Waals surface area contributed by atoms with Gasteiger partial charge < -0.3 is 5.73 Å². The third-order valence-electron chi connectivity index (χ3n) is 3.17. The molecule has 1 aliphatic carbocycles. The van der Waals surface area contributed by atoms with E-state index in [9.17, 15) is 8.42 Å². The number of nitrogens with two attached hydrogens (primary N) is 1. The molecular formula is C9H19NO2S. The maximum Gasteiger partial charge on any atom is 0.154 e. The van der Waals surface area contributed by atoms with Crippen LogP contribution in [0, 0.1) is 0 Å². The molecule has 4 heteroatoms. The van der Waals surface area contributed by atoms with Crippen molar-refractivity contribution < 1.29 is 8.42 Å². The average molecular weight is 205 g/mol. The van der Waals surface area contributed by atoms with Crippen molar-refractivity contribution in [2.75, 3.05) is 12.8 Å². The number of hydrogen-bond donors (Lipinski definition) is 1. The zero-order valence-corrected chi connectivity index (χ0v) is 9.07. The van der Waals surface area contributed by atoms with E-state index >= 15 is 0 Å². The predicted molar refractivity (Wildman–Crippen MR) is 54.3 cm³/mol. The van der Waals surface area contributed by atoms with Gasteiger partial charge in [0.25, 0.3) is 0 Å². The van der Waals surface area contributed by atoms with E-state index in [4.69, 9.17) is 5.73 Å². The maximum atomic E-state index is 11.6. The van der Waals surface area contributed by atoms with Gasteiger partial charge in [0.1, 0.15) is 0 Å². The Morgan fingerprint density at radius 2 is 1.62 bits per heavy atom. The molecule has 1 fully saturated rings. The SMILES string of the molecule is CS(=O)(=O)C1(CN)CCCCCC1. The summed E-state index contributed by atoms with van der Waals surface area (Å²) in [5, 5.41) is 0. The molecule has 0 bridgehead atoms. The first kappa shape index (κ1) is 11.0. The van der Waals surface area contributed by atoms with E-state index in [1.54, 1.807) is 0 Å². The highest BCUT2D eigenvalue weighted by molar-refractivity contribution is 7.92. The highest BCUT2D eigenvalue weighted by atomic mass is 32.2. The van der Waals surface area contributed by atoms with Crippen LogP contribution < -0.4 is 5.73 Å². The van der Waals surface area contributed by atoms with Gasteiger partial charge in [-0.25, -0.2) is 8.42 Å². The first-order chi connectivity index (χ1) is 6.02. The predicted octanol–water partition coefficient (Wildman–Crippen LogP) is 1.08. The van der Waals surface area contributed by atoms with Crippen LogP contribution in [0.2, 0.25) is 0 Å². The molecule has 1 aliphatic rings. The van der Waals surface area contributed by atoms with E-state index < -0.39 is 14.6 Å². The number of hydrogen-bond acceptors (Lipinski definition) is 3. The molecule has 0 aromatic carbocycles. The molecule has 0 aromatic rings. The van der Waals surface area contributed by atoms with Gasteiger partial charge in [0.15, 0.2) is 9.84 Å². The summed E-state index contributed by atoms with van der Waals surface area (Å²) >= 11 is 0. The van der Waals surface area contributed by atoms with Gasteiger partial charge in [0, 0.05) is 12.8 Å². The normalized spacial score (nSPS) is 23.8. The molecule has 0 aliphatic heterocycles. The Labute approximate surface area is 80.6 Å². The summed E-state index contributed by atoms with van der Waals surface area (Å²) in [6.07, 6.45) is 7.14. The summed E-state index contributed by atoms with van der Waals surface area (Å²) in [6.45, 7) is 0.284. The van der Waals surface area contributed by atoms with Crippen LogP contribution in [0.5, 0.6) is 0 Å². The largest absolute Gasteiger partial charge is 0.329 e. The van der Waals surface area contributed by atoms with Crippen LogP contribution in [0.1, 0.15) is 38.5 Å². The fraction of sp³-hybridized carbons (Fsp3) is 1.00. The molecule has 0 amide bonds. The molecule has 0 heterocycles. The van der Waals surface area contributed by atoms with Gasteiger partial charge in [0.05, 0.1) is 4.75 Å². The zero-order chi connectivity index (χ0) is 9.95. The third-order valence-corrected chi connectivity index (χ3v) is 5.32. The van der Waals surface area contributed by atoms with Crippen molar-refractivity contribution >= 4 is 9.84 Å². The molecule has 0 radical (unpaired) electrons.